The first-order valence-electron chi connectivity index (χ1n) is 6.23. The summed E-state index contributed by atoms with van der Waals surface area (Å²) in [7, 11) is 0. The van der Waals surface area contributed by atoms with E-state index >= 15 is 0 Å². The summed E-state index contributed by atoms with van der Waals surface area (Å²) in [6.45, 7) is 2.13. The summed E-state index contributed by atoms with van der Waals surface area (Å²) >= 11 is 3.51. The quantitative estimate of drug-likeness (QED) is 0.790. The third-order valence-electron chi connectivity index (χ3n) is 3.66. The molecule has 0 radical (unpaired) electrons. The topological polar surface area (TPSA) is 44.9 Å². The van der Waals surface area contributed by atoms with Gasteiger partial charge in [-0.25, -0.2) is 0 Å². The molecule has 1 fully saturated rings. The second-order valence-corrected chi connectivity index (χ2v) is 5.59. The smallest absolute Gasteiger partial charge is 0.247 e. The minimum Gasteiger partial charge on any atom is -0.329 e. The number of pyridine rings is 1. The first kappa shape index (κ1) is 15.9. The number of aromatic nitrogens is 1. The van der Waals surface area contributed by atoms with E-state index < -0.39 is 0 Å². The minimum absolute atomic E-state index is 0. The van der Waals surface area contributed by atoms with Crippen molar-refractivity contribution in [3.63, 3.8) is 0 Å². The van der Waals surface area contributed by atoms with Crippen LogP contribution < -0.4 is 10.9 Å². The third kappa shape index (κ3) is 3.68. The van der Waals surface area contributed by atoms with Crippen LogP contribution in [0.5, 0.6) is 0 Å². The lowest BCUT2D eigenvalue weighted by atomic mass is 9.72. The summed E-state index contributed by atoms with van der Waals surface area (Å²) in [5, 5.41) is 4.53. The Bertz CT molecular complexity index is 393. The number of halogens is 2. The number of piperidine rings is 1. The molecule has 1 saturated heterocycles. The number of rotatable bonds is 4. The van der Waals surface area contributed by atoms with Gasteiger partial charge in [-0.1, -0.05) is 22.0 Å². The van der Waals surface area contributed by atoms with Crippen LogP contribution in [0.2, 0.25) is 0 Å². The molecule has 18 heavy (non-hydrogen) atoms. The van der Waals surface area contributed by atoms with E-state index in [1.807, 2.05) is 12.3 Å². The molecule has 5 heteroatoms. The highest BCUT2D eigenvalue weighted by Gasteiger charge is 2.33. The number of hydrogen-bond acceptors (Lipinski definition) is 2. The zero-order valence-corrected chi connectivity index (χ0v) is 13.7. The molecule has 1 aliphatic rings. The molecule has 2 rings (SSSR count). The van der Waals surface area contributed by atoms with Gasteiger partial charge in [-0.2, -0.15) is 0 Å². The van der Waals surface area contributed by atoms with Crippen molar-refractivity contribution in [1.29, 1.82) is 0 Å². The van der Waals surface area contributed by atoms with Gasteiger partial charge in [0, 0.05) is 29.6 Å². The van der Waals surface area contributed by atoms with Crippen molar-refractivity contribution in [3.8, 4) is 0 Å². The van der Waals surface area contributed by atoms with Crippen LogP contribution in [-0.2, 0) is 5.41 Å². The molecule has 0 aliphatic carbocycles. The van der Waals surface area contributed by atoms with E-state index in [-0.39, 0.29) is 28.0 Å². The average molecular weight is 380 g/mol. The van der Waals surface area contributed by atoms with E-state index in [4.69, 9.17) is 0 Å². The number of nitrogens with one attached hydrogen (secondary N) is 2. The van der Waals surface area contributed by atoms with Gasteiger partial charge >= 0.3 is 0 Å². The lowest BCUT2D eigenvalue weighted by molar-refractivity contribution is 0.290. The molecule has 102 valence electrons. The lowest BCUT2D eigenvalue weighted by Crippen LogP contribution is -2.43. The average Bonchev–Trinajstić information content (AvgIpc) is 2.38. The summed E-state index contributed by atoms with van der Waals surface area (Å²) in [5.74, 6) is 0. The van der Waals surface area contributed by atoms with Crippen LogP contribution in [0.4, 0.5) is 0 Å². The second-order valence-electron chi connectivity index (χ2n) is 4.79. The Balaban J connectivity index is 0.00000162. The van der Waals surface area contributed by atoms with Crippen molar-refractivity contribution in [1.82, 2.24) is 10.3 Å². The molecular weight excluding hydrogens is 360 g/mol. The SMILES string of the molecule is Br.O=c1ccc(C2(CCCBr)CCCNC2)c[nH]1. The highest BCUT2D eigenvalue weighted by molar-refractivity contribution is 9.09. The number of hydrogen-bond donors (Lipinski definition) is 2. The van der Waals surface area contributed by atoms with E-state index in [1.54, 1.807) is 6.07 Å². The summed E-state index contributed by atoms with van der Waals surface area (Å²) in [6, 6.07) is 3.62. The highest BCUT2D eigenvalue weighted by atomic mass is 79.9. The fourth-order valence-corrected chi connectivity index (χ4v) is 3.00. The van der Waals surface area contributed by atoms with E-state index in [0.29, 0.717) is 0 Å². The van der Waals surface area contributed by atoms with Crippen molar-refractivity contribution in [2.75, 3.05) is 18.4 Å². The highest BCUT2D eigenvalue weighted by Crippen LogP contribution is 2.35. The Hall–Kier alpha value is -0.130. The molecule has 1 unspecified atom stereocenters. The van der Waals surface area contributed by atoms with Gasteiger partial charge in [-0.05, 0) is 37.8 Å². The Kier molecular flexibility index (Phi) is 6.60. The van der Waals surface area contributed by atoms with Gasteiger partial charge in [-0.15, -0.1) is 17.0 Å². The van der Waals surface area contributed by atoms with Crippen LogP contribution in [0, 0.1) is 0 Å². The van der Waals surface area contributed by atoms with Crippen molar-refractivity contribution in [3.05, 3.63) is 34.2 Å². The molecule has 1 aliphatic heterocycles. The van der Waals surface area contributed by atoms with E-state index in [2.05, 4.69) is 26.2 Å². The minimum atomic E-state index is -0.0202. The molecule has 0 spiro atoms. The van der Waals surface area contributed by atoms with Crippen LogP contribution in [-0.4, -0.2) is 23.4 Å². The maximum Gasteiger partial charge on any atom is 0.247 e. The Morgan fingerprint density at radius 1 is 1.39 bits per heavy atom. The van der Waals surface area contributed by atoms with Gasteiger partial charge in [-0.3, -0.25) is 4.79 Å². The number of alkyl halides is 1. The summed E-state index contributed by atoms with van der Waals surface area (Å²) in [6.07, 6.45) is 6.64. The van der Waals surface area contributed by atoms with Crippen LogP contribution in [0.1, 0.15) is 31.2 Å². The van der Waals surface area contributed by atoms with Gasteiger partial charge in [0.2, 0.25) is 5.56 Å². The Morgan fingerprint density at radius 2 is 2.22 bits per heavy atom. The fourth-order valence-electron chi connectivity index (χ4n) is 2.72. The van der Waals surface area contributed by atoms with Crippen LogP contribution in [0.3, 0.4) is 0 Å². The van der Waals surface area contributed by atoms with Gasteiger partial charge in [0.1, 0.15) is 0 Å². The third-order valence-corrected chi connectivity index (χ3v) is 4.22. The van der Waals surface area contributed by atoms with Crippen molar-refractivity contribution < 1.29 is 0 Å². The molecule has 0 bridgehead atoms. The first-order chi connectivity index (χ1) is 8.27. The predicted octanol–water partition coefficient (Wildman–Crippen LogP) is 2.75. The zero-order valence-electron chi connectivity index (χ0n) is 10.4. The largest absolute Gasteiger partial charge is 0.329 e. The molecule has 0 saturated carbocycles. The van der Waals surface area contributed by atoms with Crippen molar-refractivity contribution in [2.24, 2.45) is 0 Å². The second kappa shape index (κ2) is 7.46. The van der Waals surface area contributed by atoms with E-state index in [9.17, 15) is 4.79 Å². The summed E-state index contributed by atoms with van der Waals surface area (Å²) in [4.78, 5) is 13.9. The zero-order chi connectivity index (χ0) is 12.1. The predicted molar refractivity (Wildman–Crippen MR) is 84.2 cm³/mol. The lowest BCUT2D eigenvalue weighted by Gasteiger charge is -2.38. The molecule has 0 aromatic carbocycles. The van der Waals surface area contributed by atoms with Gasteiger partial charge in [0.25, 0.3) is 0 Å². The monoisotopic (exact) mass is 378 g/mol. The van der Waals surface area contributed by atoms with E-state index in [1.165, 1.54) is 24.8 Å². The van der Waals surface area contributed by atoms with Gasteiger partial charge in [0.15, 0.2) is 0 Å². The van der Waals surface area contributed by atoms with Gasteiger partial charge in [0.05, 0.1) is 0 Å². The van der Waals surface area contributed by atoms with Crippen LogP contribution in [0.15, 0.2) is 23.1 Å². The Labute approximate surface area is 127 Å². The standard InChI is InChI=1S/C13H19BrN2O.BrH/c14-7-1-5-13(6-2-8-15-10-13)11-3-4-12(17)16-9-11;/h3-4,9,15H,1-2,5-8,10H2,(H,16,17);1H. The molecule has 1 aromatic rings. The van der Waals surface area contributed by atoms with E-state index in [0.717, 1.165) is 24.8 Å². The molecule has 0 amide bonds. The maximum absolute atomic E-state index is 11.1. The molecule has 1 aromatic heterocycles. The summed E-state index contributed by atoms with van der Waals surface area (Å²) < 4.78 is 0. The maximum atomic E-state index is 11.1. The molecule has 2 heterocycles. The fraction of sp³-hybridized carbons (Fsp3) is 0.615. The number of aromatic amines is 1. The molecule has 1 atom stereocenters. The molecule has 3 nitrogen and oxygen atoms in total. The molecule has 2 N–H and O–H groups in total. The van der Waals surface area contributed by atoms with Crippen molar-refractivity contribution in [2.45, 2.75) is 31.1 Å². The Morgan fingerprint density at radius 3 is 2.78 bits per heavy atom. The summed E-state index contributed by atoms with van der Waals surface area (Å²) in [5.41, 5.74) is 1.45. The van der Waals surface area contributed by atoms with Crippen LogP contribution >= 0.6 is 32.9 Å². The number of H-pyrrole nitrogens is 1. The normalized spacial score (nSPS) is 23.4. The van der Waals surface area contributed by atoms with Crippen LogP contribution in [0.25, 0.3) is 0 Å². The molecular formula is C13H20Br2N2O. The first-order valence-corrected chi connectivity index (χ1v) is 7.35. The van der Waals surface area contributed by atoms with Crippen molar-refractivity contribution >= 4 is 32.9 Å². The van der Waals surface area contributed by atoms with Gasteiger partial charge < -0.3 is 10.3 Å².